The molecule has 0 bridgehead atoms. The highest BCUT2D eigenvalue weighted by Gasteiger charge is 2.22. The summed E-state index contributed by atoms with van der Waals surface area (Å²) in [6.07, 6.45) is 1.05. The quantitative estimate of drug-likeness (QED) is 0.888. The maximum atomic E-state index is 5.19. The lowest BCUT2D eigenvalue weighted by Crippen LogP contribution is -2.35. The Morgan fingerprint density at radius 1 is 1.44 bits per heavy atom. The van der Waals surface area contributed by atoms with Crippen molar-refractivity contribution in [3.8, 4) is 0 Å². The van der Waals surface area contributed by atoms with Crippen LogP contribution in [0.3, 0.4) is 0 Å². The van der Waals surface area contributed by atoms with Gasteiger partial charge < -0.3 is 10.1 Å². The highest BCUT2D eigenvalue weighted by molar-refractivity contribution is 8.14. The van der Waals surface area contributed by atoms with Gasteiger partial charge in [-0.05, 0) is 12.0 Å². The molecular formula is C14H20N2OS. The van der Waals surface area contributed by atoms with Crippen molar-refractivity contribution in [1.29, 1.82) is 0 Å². The lowest BCUT2D eigenvalue weighted by atomic mass is 10.1. The first-order valence-electron chi connectivity index (χ1n) is 6.35. The molecule has 2 rings (SSSR count). The predicted octanol–water partition coefficient (Wildman–Crippen LogP) is 2.85. The van der Waals surface area contributed by atoms with Gasteiger partial charge in [-0.25, -0.2) is 0 Å². The Hall–Kier alpha value is -1.00. The number of hydrogen-bond donors (Lipinski definition) is 1. The van der Waals surface area contributed by atoms with Crippen LogP contribution in [0.5, 0.6) is 0 Å². The maximum Gasteiger partial charge on any atom is 0.157 e. The molecule has 1 N–H and O–H groups in total. The summed E-state index contributed by atoms with van der Waals surface area (Å²) < 4.78 is 5.19. The molecule has 1 heterocycles. The fourth-order valence-electron chi connectivity index (χ4n) is 1.93. The second-order valence-electron chi connectivity index (χ2n) is 4.37. The van der Waals surface area contributed by atoms with Crippen molar-refractivity contribution in [2.24, 2.45) is 4.99 Å². The third-order valence-electron chi connectivity index (χ3n) is 3.01. The Balaban J connectivity index is 1.88. The molecule has 4 heteroatoms. The van der Waals surface area contributed by atoms with E-state index in [0.717, 1.165) is 24.7 Å². The van der Waals surface area contributed by atoms with E-state index in [9.17, 15) is 0 Å². The van der Waals surface area contributed by atoms with Gasteiger partial charge in [0, 0.05) is 7.11 Å². The lowest BCUT2D eigenvalue weighted by Gasteiger charge is -2.17. The van der Waals surface area contributed by atoms with Crippen LogP contribution >= 0.6 is 11.8 Å². The van der Waals surface area contributed by atoms with Gasteiger partial charge >= 0.3 is 0 Å². The van der Waals surface area contributed by atoms with Crippen molar-refractivity contribution >= 4 is 16.9 Å². The van der Waals surface area contributed by atoms with Crippen LogP contribution in [0.25, 0.3) is 0 Å². The standard InChI is InChI=1S/C14H20N2OS/c1-3-12(10-17-2)16-14-15-9-13(18-14)11-7-5-4-6-8-11/h4-8,12-13H,3,9-10H2,1-2H3,(H,15,16). The minimum absolute atomic E-state index is 0.357. The number of benzene rings is 1. The Bertz CT molecular complexity index is 394. The van der Waals surface area contributed by atoms with Gasteiger partial charge in [-0.1, -0.05) is 49.0 Å². The summed E-state index contributed by atoms with van der Waals surface area (Å²) in [5.41, 5.74) is 1.35. The topological polar surface area (TPSA) is 33.6 Å². The zero-order valence-corrected chi connectivity index (χ0v) is 11.7. The van der Waals surface area contributed by atoms with Gasteiger partial charge in [0.05, 0.1) is 24.4 Å². The maximum absolute atomic E-state index is 5.19. The van der Waals surface area contributed by atoms with Crippen molar-refractivity contribution < 1.29 is 4.74 Å². The fraction of sp³-hybridized carbons (Fsp3) is 0.500. The Morgan fingerprint density at radius 2 is 2.22 bits per heavy atom. The zero-order valence-electron chi connectivity index (χ0n) is 10.9. The Kier molecular flexibility index (Phi) is 5.08. The lowest BCUT2D eigenvalue weighted by molar-refractivity contribution is 0.172. The number of rotatable bonds is 5. The second-order valence-corrected chi connectivity index (χ2v) is 5.56. The molecule has 0 aliphatic carbocycles. The van der Waals surface area contributed by atoms with Crippen molar-refractivity contribution in [2.75, 3.05) is 20.3 Å². The summed E-state index contributed by atoms with van der Waals surface area (Å²) in [5, 5.41) is 4.96. The molecule has 0 aromatic heterocycles. The predicted molar refractivity (Wildman–Crippen MR) is 78.2 cm³/mol. The largest absolute Gasteiger partial charge is 0.383 e. The van der Waals surface area contributed by atoms with E-state index in [1.807, 2.05) is 11.8 Å². The van der Waals surface area contributed by atoms with Crippen LogP contribution in [0.2, 0.25) is 0 Å². The molecular weight excluding hydrogens is 244 g/mol. The molecule has 0 saturated heterocycles. The number of nitrogens with zero attached hydrogens (tertiary/aromatic N) is 1. The molecule has 0 radical (unpaired) electrons. The Labute approximate surface area is 113 Å². The van der Waals surface area contributed by atoms with E-state index in [2.05, 4.69) is 47.6 Å². The van der Waals surface area contributed by atoms with E-state index in [4.69, 9.17) is 4.74 Å². The van der Waals surface area contributed by atoms with Crippen molar-refractivity contribution in [2.45, 2.75) is 24.6 Å². The van der Waals surface area contributed by atoms with Crippen LogP contribution in [0, 0.1) is 0 Å². The van der Waals surface area contributed by atoms with E-state index in [-0.39, 0.29) is 0 Å². The van der Waals surface area contributed by atoms with E-state index in [1.165, 1.54) is 5.56 Å². The number of thioether (sulfide) groups is 1. The first kappa shape index (κ1) is 13.4. The summed E-state index contributed by atoms with van der Waals surface area (Å²) in [6, 6.07) is 10.9. The van der Waals surface area contributed by atoms with Crippen LogP contribution in [0.4, 0.5) is 0 Å². The number of aliphatic imine (C=N–C) groups is 1. The van der Waals surface area contributed by atoms with Crippen molar-refractivity contribution in [1.82, 2.24) is 5.32 Å². The third kappa shape index (κ3) is 3.50. The number of amidine groups is 1. The fourth-order valence-corrected chi connectivity index (χ4v) is 3.03. The molecule has 1 aliphatic rings. The zero-order chi connectivity index (χ0) is 12.8. The molecule has 0 fully saturated rings. The van der Waals surface area contributed by atoms with Gasteiger partial charge in [-0.2, -0.15) is 0 Å². The van der Waals surface area contributed by atoms with E-state index < -0.39 is 0 Å². The summed E-state index contributed by atoms with van der Waals surface area (Å²) in [5.74, 6) is 0. The molecule has 2 atom stereocenters. The highest BCUT2D eigenvalue weighted by Crippen LogP contribution is 2.34. The molecule has 1 aromatic rings. The highest BCUT2D eigenvalue weighted by atomic mass is 32.2. The molecule has 3 nitrogen and oxygen atoms in total. The van der Waals surface area contributed by atoms with Crippen molar-refractivity contribution in [3.63, 3.8) is 0 Å². The second kappa shape index (κ2) is 6.81. The van der Waals surface area contributed by atoms with Gasteiger partial charge in [0.1, 0.15) is 0 Å². The molecule has 1 aromatic carbocycles. The van der Waals surface area contributed by atoms with Crippen molar-refractivity contribution in [3.05, 3.63) is 35.9 Å². The molecule has 98 valence electrons. The molecule has 0 amide bonds. The monoisotopic (exact) mass is 264 g/mol. The SMILES string of the molecule is CCC(COC)NC1=NCC(c2ccccc2)S1. The number of ether oxygens (including phenoxy) is 1. The first-order valence-corrected chi connectivity index (χ1v) is 7.23. The minimum Gasteiger partial charge on any atom is -0.383 e. The summed E-state index contributed by atoms with van der Waals surface area (Å²) in [4.78, 5) is 4.58. The molecule has 1 aliphatic heterocycles. The molecule has 18 heavy (non-hydrogen) atoms. The van der Waals surface area contributed by atoms with Crippen LogP contribution in [0.1, 0.15) is 24.2 Å². The van der Waals surface area contributed by atoms with Gasteiger partial charge in [0.25, 0.3) is 0 Å². The third-order valence-corrected chi connectivity index (χ3v) is 4.19. The van der Waals surface area contributed by atoms with Gasteiger partial charge in [-0.15, -0.1) is 0 Å². The molecule has 2 unspecified atom stereocenters. The molecule has 0 spiro atoms. The average molecular weight is 264 g/mol. The van der Waals surface area contributed by atoms with Crippen LogP contribution in [0.15, 0.2) is 35.3 Å². The van der Waals surface area contributed by atoms with Gasteiger partial charge in [0.15, 0.2) is 5.17 Å². The smallest absolute Gasteiger partial charge is 0.157 e. The van der Waals surface area contributed by atoms with E-state index >= 15 is 0 Å². The Morgan fingerprint density at radius 3 is 2.89 bits per heavy atom. The van der Waals surface area contributed by atoms with E-state index in [0.29, 0.717) is 11.3 Å². The normalized spacial score (nSPS) is 20.6. The minimum atomic E-state index is 0.357. The number of nitrogens with one attached hydrogen (secondary N) is 1. The van der Waals surface area contributed by atoms with Gasteiger partial charge in [0.2, 0.25) is 0 Å². The van der Waals surface area contributed by atoms with Crippen LogP contribution in [-0.2, 0) is 4.74 Å². The van der Waals surface area contributed by atoms with E-state index in [1.54, 1.807) is 7.11 Å². The summed E-state index contributed by atoms with van der Waals surface area (Å²) in [7, 11) is 1.74. The first-order chi connectivity index (χ1) is 8.83. The molecule has 0 saturated carbocycles. The van der Waals surface area contributed by atoms with Crippen LogP contribution < -0.4 is 5.32 Å². The average Bonchev–Trinajstić information content (AvgIpc) is 2.88. The number of methoxy groups -OCH3 is 1. The van der Waals surface area contributed by atoms with Crippen LogP contribution in [-0.4, -0.2) is 31.5 Å². The summed E-state index contributed by atoms with van der Waals surface area (Å²) >= 11 is 1.82. The van der Waals surface area contributed by atoms with Gasteiger partial charge in [-0.3, -0.25) is 4.99 Å². The number of hydrogen-bond acceptors (Lipinski definition) is 4. The summed E-state index contributed by atoms with van der Waals surface area (Å²) in [6.45, 7) is 3.75.